The van der Waals surface area contributed by atoms with Crippen LogP contribution in [-0.4, -0.2) is 19.3 Å². The van der Waals surface area contributed by atoms with Crippen molar-refractivity contribution in [1.29, 1.82) is 0 Å². The van der Waals surface area contributed by atoms with E-state index < -0.39 is 12.6 Å². The van der Waals surface area contributed by atoms with Crippen LogP contribution in [0.15, 0.2) is 30.3 Å². The van der Waals surface area contributed by atoms with Gasteiger partial charge in [-0.05, 0) is 24.9 Å². The molecule has 3 atom stereocenters. The first-order valence-corrected chi connectivity index (χ1v) is 7.18. The fourth-order valence-electron chi connectivity index (χ4n) is 2.71. The third-order valence-corrected chi connectivity index (χ3v) is 3.98. The Kier molecular flexibility index (Phi) is 6.53. The van der Waals surface area contributed by atoms with Crippen molar-refractivity contribution >= 4 is 0 Å². The van der Waals surface area contributed by atoms with E-state index in [0.717, 1.165) is 12.0 Å². The average Bonchev–Trinajstić information content (AvgIpc) is 2.42. The molecule has 1 aromatic carbocycles. The summed E-state index contributed by atoms with van der Waals surface area (Å²) in [5.74, 6) is 0.441. The van der Waals surface area contributed by atoms with Crippen molar-refractivity contribution in [1.82, 2.24) is 5.32 Å². The molecule has 0 saturated carbocycles. The van der Waals surface area contributed by atoms with Crippen LogP contribution in [0.3, 0.4) is 0 Å². The Hall–Kier alpha value is -1.03. The fourth-order valence-corrected chi connectivity index (χ4v) is 2.71. The SMILES string of the molecule is CCC(C)C(c1ccccc1)C(CCC(F)(F)F)NC. The first kappa shape index (κ1) is 17.0. The Morgan fingerprint density at radius 2 is 1.75 bits per heavy atom. The molecule has 0 aliphatic carbocycles. The molecule has 1 N–H and O–H groups in total. The van der Waals surface area contributed by atoms with Crippen molar-refractivity contribution in [3.05, 3.63) is 35.9 Å². The largest absolute Gasteiger partial charge is 0.389 e. The van der Waals surface area contributed by atoms with Crippen LogP contribution in [-0.2, 0) is 0 Å². The second-order valence-electron chi connectivity index (χ2n) is 5.37. The molecule has 4 heteroatoms. The number of alkyl halides is 3. The minimum atomic E-state index is -4.09. The van der Waals surface area contributed by atoms with Gasteiger partial charge in [0.05, 0.1) is 0 Å². The van der Waals surface area contributed by atoms with Gasteiger partial charge < -0.3 is 5.32 Å². The van der Waals surface area contributed by atoms with Gasteiger partial charge in [0.1, 0.15) is 0 Å². The van der Waals surface area contributed by atoms with E-state index in [1.54, 1.807) is 7.05 Å². The third-order valence-electron chi connectivity index (χ3n) is 3.98. The van der Waals surface area contributed by atoms with Crippen LogP contribution in [0.5, 0.6) is 0 Å². The second kappa shape index (κ2) is 7.67. The van der Waals surface area contributed by atoms with Crippen LogP contribution in [0.2, 0.25) is 0 Å². The zero-order valence-electron chi connectivity index (χ0n) is 12.4. The van der Waals surface area contributed by atoms with E-state index >= 15 is 0 Å². The summed E-state index contributed by atoms with van der Waals surface area (Å²) in [6.45, 7) is 4.19. The maximum Gasteiger partial charge on any atom is 0.389 e. The monoisotopic (exact) mass is 287 g/mol. The fraction of sp³-hybridized carbons (Fsp3) is 0.625. The zero-order valence-corrected chi connectivity index (χ0v) is 12.4. The molecule has 0 amide bonds. The molecule has 3 unspecified atom stereocenters. The molecule has 20 heavy (non-hydrogen) atoms. The normalized spacial score (nSPS) is 16.7. The lowest BCUT2D eigenvalue weighted by atomic mass is 9.78. The predicted octanol–water partition coefficient (Wildman–Crippen LogP) is 4.75. The van der Waals surface area contributed by atoms with Crippen LogP contribution in [0.1, 0.15) is 44.6 Å². The van der Waals surface area contributed by atoms with Gasteiger partial charge in [-0.2, -0.15) is 13.2 Å². The van der Waals surface area contributed by atoms with Gasteiger partial charge in [-0.3, -0.25) is 0 Å². The highest BCUT2D eigenvalue weighted by atomic mass is 19.4. The molecule has 0 fully saturated rings. The summed E-state index contributed by atoms with van der Waals surface area (Å²) in [5, 5.41) is 3.09. The number of rotatable bonds is 7. The molecule has 0 heterocycles. The molecule has 0 saturated heterocycles. The molecule has 0 spiro atoms. The van der Waals surface area contributed by atoms with E-state index in [2.05, 4.69) is 19.2 Å². The molecule has 1 aromatic rings. The van der Waals surface area contributed by atoms with Crippen LogP contribution in [0, 0.1) is 5.92 Å². The maximum absolute atomic E-state index is 12.5. The molecule has 0 aliphatic heterocycles. The van der Waals surface area contributed by atoms with Crippen LogP contribution in [0.4, 0.5) is 13.2 Å². The quantitative estimate of drug-likeness (QED) is 0.763. The summed E-state index contributed by atoms with van der Waals surface area (Å²) < 4.78 is 37.4. The maximum atomic E-state index is 12.5. The van der Waals surface area contributed by atoms with E-state index in [0.29, 0.717) is 5.92 Å². The highest BCUT2D eigenvalue weighted by molar-refractivity contribution is 5.22. The lowest BCUT2D eigenvalue weighted by Crippen LogP contribution is -2.36. The number of halogens is 3. The van der Waals surface area contributed by atoms with Gasteiger partial charge in [0.15, 0.2) is 0 Å². The van der Waals surface area contributed by atoms with E-state index in [-0.39, 0.29) is 18.4 Å². The smallest absolute Gasteiger partial charge is 0.316 e. The highest BCUT2D eigenvalue weighted by Crippen LogP contribution is 2.34. The lowest BCUT2D eigenvalue weighted by molar-refractivity contribution is -0.137. The first-order valence-electron chi connectivity index (χ1n) is 7.18. The number of hydrogen-bond acceptors (Lipinski definition) is 1. The molecule has 0 aromatic heterocycles. The summed E-state index contributed by atoms with van der Waals surface area (Å²) >= 11 is 0. The van der Waals surface area contributed by atoms with Gasteiger partial charge in [0, 0.05) is 18.4 Å². The minimum Gasteiger partial charge on any atom is -0.316 e. The van der Waals surface area contributed by atoms with Gasteiger partial charge in [-0.1, -0.05) is 50.6 Å². The van der Waals surface area contributed by atoms with Gasteiger partial charge in [0.2, 0.25) is 0 Å². The van der Waals surface area contributed by atoms with Gasteiger partial charge in [-0.25, -0.2) is 0 Å². The van der Waals surface area contributed by atoms with E-state index in [1.807, 2.05) is 30.3 Å². The summed E-state index contributed by atoms with van der Waals surface area (Å²) in [5.41, 5.74) is 1.11. The van der Waals surface area contributed by atoms with Crippen LogP contribution >= 0.6 is 0 Å². The Labute approximate surface area is 119 Å². The standard InChI is InChI=1S/C16H24F3N/c1-4-12(2)15(13-8-6-5-7-9-13)14(20-3)10-11-16(17,18)19/h5-9,12,14-15,20H,4,10-11H2,1-3H3. The Morgan fingerprint density at radius 3 is 2.20 bits per heavy atom. The molecule has 1 nitrogen and oxygen atoms in total. The second-order valence-corrected chi connectivity index (χ2v) is 5.37. The van der Waals surface area contributed by atoms with Gasteiger partial charge in [0.25, 0.3) is 0 Å². The molecular weight excluding hydrogens is 263 g/mol. The van der Waals surface area contributed by atoms with Crippen molar-refractivity contribution in [2.75, 3.05) is 7.05 Å². The number of benzene rings is 1. The minimum absolute atomic E-state index is 0.105. The highest BCUT2D eigenvalue weighted by Gasteiger charge is 2.32. The first-order chi connectivity index (χ1) is 9.39. The summed E-state index contributed by atoms with van der Waals surface area (Å²) in [4.78, 5) is 0. The average molecular weight is 287 g/mol. The molecule has 0 aliphatic rings. The Bertz CT molecular complexity index is 375. The van der Waals surface area contributed by atoms with E-state index in [9.17, 15) is 13.2 Å². The van der Waals surface area contributed by atoms with E-state index in [1.165, 1.54) is 0 Å². The van der Waals surface area contributed by atoms with Crippen molar-refractivity contribution < 1.29 is 13.2 Å². The topological polar surface area (TPSA) is 12.0 Å². The number of hydrogen-bond donors (Lipinski definition) is 1. The molecule has 0 radical (unpaired) electrons. The van der Waals surface area contributed by atoms with Gasteiger partial charge in [-0.15, -0.1) is 0 Å². The summed E-state index contributed by atoms with van der Waals surface area (Å²) in [6.07, 6.45) is -3.77. The molecular formula is C16H24F3N. The van der Waals surface area contributed by atoms with Crippen molar-refractivity contribution in [2.45, 2.75) is 51.2 Å². The Balaban J connectivity index is 2.90. The Morgan fingerprint density at radius 1 is 1.15 bits per heavy atom. The van der Waals surface area contributed by atoms with E-state index in [4.69, 9.17) is 0 Å². The van der Waals surface area contributed by atoms with Gasteiger partial charge >= 0.3 is 6.18 Å². The predicted molar refractivity (Wildman–Crippen MR) is 76.8 cm³/mol. The number of likely N-dealkylation sites (N-methyl/N-ethyl adjacent to an activating group) is 1. The number of nitrogens with one attached hydrogen (secondary N) is 1. The van der Waals surface area contributed by atoms with Crippen LogP contribution < -0.4 is 5.32 Å². The molecule has 0 bridgehead atoms. The summed E-state index contributed by atoms with van der Waals surface area (Å²) in [6, 6.07) is 9.68. The van der Waals surface area contributed by atoms with Crippen LogP contribution in [0.25, 0.3) is 0 Å². The van der Waals surface area contributed by atoms with Crippen molar-refractivity contribution in [3.8, 4) is 0 Å². The zero-order chi connectivity index (χ0) is 15.2. The van der Waals surface area contributed by atoms with Crippen molar-refractivity contribution in [3.63, 3.8) is 0 Å². The summed E-state index contributed by atoms with van der Waals surface area (Å²) in [7, 11) is 1.75. The third kappa shape index (κ3) is 5.16. The lowest BCUT2D eigenvalue weighted by Gasteiger charge is -2.32. The molecule has 114 valence electrons. The van der Waals surface area contributed by atoms with Crippen molar-refractivity contribution in [2.24, 2.45) is 5.92 Å². The molecule has 1 rings (SSSR count).